The minimum atomic E-state index is -3.98. The van der Waals surface area contributed by atoms with Gasteiger partial charge in [-0.15, -0.1) is 23.2 Å². The summed E-state index contributed by atoms with van der Waals surface area (Å²) >= 11 is 31.0. The first-order valence-corrected chi connectivity index (χ1v) is 24.9. The van der Waals surface area contributed by atoms with Crippen LogP contribution in [0.3, 0.4) is 0 Å². The van der Waals surface area contributed by atoms with Crippen molar-refractivity contribution in [1.29, 1.82) is 0 Å². The lowest BCUT2D eigenvalue weighted by atomic mass is 10.0. The van der Waals surface area contributed by atoms with Crippen molar-refractivity contribution in [2.45, 2.75) is 23.6 Å². The Labute approximate surface area is 350 Å². The van der Waals surface area contributed by atoms with Crippen LogP contribution in [0.5, 0.6) is 0 Å². The van der Waals surface area contributed by atoms with Crippen molar-refractivity contribution in [3.05, 3.63) is 126 Å². The molecule has 0 fully saturated rings. The number of rotatable bonds is 5. The molecule has 3 aromatic rings. The average molecular weight is 1030 g/mol. The third-order valence-electron chi connectivity index (χ3n) is 5.23. The Morgan fingerprint density at radius 1 is 0.800 bits per heavy atom. The lowest BCUT2D eigenvalue weighted by Crippen LogP contribution is -2.14. The summed E-state index contributed by atoms with van der Waals surface area (Å²) in [6.45, 7) is 3.95. The molecule has 0 spiro atoms. The van der Waals surface area contributed by atoms with Crippen molar-refractivity contribution in [3.63, 3.8) is 0 Å². The largest absolute Gasteiger partial charge is 0.643 e. The van der Waals surface area contributed by atoms with Gasteiger partial charge in [0.2, 0.25) is 20.0 Å². The molecular formula is C29H24AlBr2Cl8N2O6S2+. The van der Waals surface area contributed by atoms with Crippen LogP contribution >= 0.6 is 120 Å². The summed E-state index contributed by atoms with van der Waals surface area (Å²) in [6, 6.07) is 12.9. The number of ketones is 1. The molecule has 0 radical (unpaired) electrons. The molecule has 50 heavy (non-hydrogen) atoms. The Kier molecular flexibility index (Phi) is 24.1. The van der Waals surface area contributed by atoms with E-state index < -0.39 is 36.7 Å². The number of primary sulfonamides is 2. The molecule has 3 aromatic carbocycles. The van der Waals surface area contributed by atoms with Crippen LogP contribution in [0.2, 0.25) is 10.0 Å². The van der Waals surface area contributed by atoms with E-state index in [-0.39, 0.29) is 42.1 Å². The van der Waals surface area contributed by atoms with E-state index in [2.05, 4.69) is 44.0 Å². The Morgan fingerprint density at radius 3 is 1.60 bits per heavy atom. The first kappa shape index (κ1) is 49.8. The lowest BCUT2D eigenvalue weighted by molar-refractivity contribution is 0.103. The van der Waals surface area contributed by atoms with E-state index in [1.54, 1.807) is 12.1 Å². The molecule has 0 bridgehead atoms. The maximum absolute atomic E-state index is 12.5. The van der Waals surface area contributed by atoms with Crippen LogP contribution < -0.4 is 10.3 Å². The number of aryl methyl sites for hydroxylation is 1. The molecule has 0 heterocycles. The summed E-state index contributed by atoms with van der Waals surface area (Å²) in [5.74, 6) is -0.316. The number of halogens is 10. The predicted molar refractivity (Wildman–Crippen MR) is 217 cm³/mol. The summed E-state index contributed by atoms with van der Waals surface area (Å²) < 4.78 is 46.6. The molecule has 1 aliphatic carbocycles. The molecule has 0 saturated heterocycles. The quantitative estimate of drug-likeness (QED) is 0.0853. The molecule has 0 saturated carbocycles. The fourth-order valence-corrected chi connectivity index (χ4v) is 6.65. The molecular weight excluding hydrogens is 1010 g/mol. The second-order valence-electron chi connectivity index (χ2n) is 9.04. The number of hydrogen-bond donors (Lipinski definition) is 2. The van der Waals surface area contributed by atoms with E-state index in [0.717, 1.165) is 16.1 Å². The van der Waals surface area contributed by atoms with Crippen LogP contribution in [0, 0.1) is 13.0 Å². The normalized spacial score (nSPS) is 11.6. The van der Waals surface area contributed by atoms with Crippen LogP contribution in [0.25, 0.3) is 0 Å². The summed E-state index contributed by atoms with van der Waals surface area (Å²) in [5, 5.41) is 9.30. The molecule has 0 atom stereocenters. The van der Waals surface area contributed by atoms with Gasteiger partial charge in [0, 0.05) is 50.1 Å². The summed E-state index contributed by atoms with van der Waals surface area (Å²) in [5.41, 5.74) is 2.90. The zero-order valence-corrected chi connectivity index (χ0v) is 37.4. The number of nitrogens with two attached hydrogens (primary N) is 2. The number of hydrogen-bond acceptors (Lipinski definition) is 6. The third kappa shape index (κ3) is 19.7. The molecule has 0 amide bonds. The van der Waals surface area contributed by atoms with Crippen LogP contribution in [0.1, 0.15) is 38.8 Å². The second-order valence-corrected chi connectivity index (χ2v) is 22.3. The molecule has 4 rings (SSSR count). The molecule has 8 nitrogen and oxygen atoms in total. The van der Waals surface area contributed by atoms with Gasteiger partial charge in [-0.05, 0) is 72.6 Å². The van der Waals surface area contributed by atoms with Gasteiger partial charge in [0.15, 0.2) is 5.78 Å². The first-order chi connectivity index (χ1) is 23.0. The number of benzene rings is 3. The highest BCUT2D eigenvalue weighted by atomic mass is 79.9. The Bertz CT molecular complexity index is 1980. The van der Waals surface area contributed by atoms with E-state index in [1.807, 2.05) is 32.1 Å². The number of alkyl halides is 2. The monoisotopic (exact) mass is 1020 g/mol. The fraction of sp³-hybridized carbons (Fsp3) is 0.103. The van der Waals surface area contributed by atoms with Crippen molar-refractivity contribution in [1.82, 2.24) is 0 Å². The zero-order chi connectivity index (χ0) is 39.0. The predicted octanol–water partition coefficient (Wildman–Crippen LogP) is 10.3. The van der Waals surface area contributed by atoms with E-state index >= 15 is 0 Å². The molecule has 21 heteroatoms. The fourth-order valence-electron chi connectivity index (χ4n) is 3.22. The van der Waals surface area contributed by atoms with Gasteiger partial charge in [-0.25, -0.2) is 57.3 Å². The number of allylic oxidation sites excluding steroid dienone is 6. The third-order valence-corrected chi connectivity index (χ3v) is 9.35. The van der Waals surface area contributed by atoms with Gasteiger partial charge in [0.1, 0.15) is 26.4 Å². The molecule has 1 aliphatic rings. The molecule has 0 aromatic heterocycles. The SMILES string of the molecule is CC1=CC(Br)=C[C+]=C1.Cc1ccc(C(=O)c2ccc(Cl)c(S(N)(=O)=O)c2)c(Br)c1.ClCCl.NS(=O)(=O)c1cc(C(=O)Cl)ccc1Cl.[Cl][Al]([Cl])[Cl]. The van der Waals surface area contributed by atoms with Crippen LogP contribution in [-0.2, 0) is 20.0 Å². The highest BCUT2D eigenvalue weighted by molar-refractivity contribution is 9.12. The lowest BCUT2D eigenvalue weighted by Gasteiger charge is -2.07. The smallest absolute Gasteiger partial charge is 0.289 e. The highest BCUT2D eigenvalue weighted by Gasteiger charge is 2.19. The van der Waals surface area contributed by atoms with Gasteiger partial charge < -0.3 is 0 Å². The van der Waals surface area contributed by atoms with E-state index in [9.17, 15) is 26.4 Å². The Morgan fingerprint density at radius 2 is 1.24 bits per heavy atom. The zero-order valence-electron chi connectivity index (χ0n) is 25.4. The van der Waals surface area contributed by atoms with Gasteiger partial charge in [-0.1, -0.05) is 45.2 Å². The number of carbonyl (C=O) groups is 2. The Balaban J connectivity index is 0.000000708. The van der Waals surface area contributed by atoms with Crippen molar-refractivity contribution in [3.8, 4) is 0 Å². The standard InChI is InChI=1S/C14H11BrClNO3S.C7H6Br.C7H5Cl2NO3S.CH2Cl2.Al.3ClH/c1-8-2-4-10(11(15)6-8)14(18)9-3-5-12(16)13(7-9)21(17,19)20;1-6-3-2-4-7(8)5-6;8-5-2-1-4(7(9)11)3-6(5)14(10,12)13;2-1-3;;;;/h2-7H,1H3,(H2,17,19,20);3-5H,1H3;1-3H,(H2,10,12,13);1H2;;3*1H/q;+1;;;+3;;;/p-3. The summed E-state index contributed by atoms with van der Waals surface area (Å²) in [7, 11) is 6.92. The minimum Gasteiger partial charge on any atom is -0.289 e. The van der Waals surface area contributed by atoms with Crippen LogP contribution in [0.4, 0.5) is 0 Å². The topological polar surface area (TPSA) is 154 Å². The number of carbonyl (C=O) groups excluding carboxylic acids is 2. The average Bonchev–Trinajstić information content (AvgIpc) is 2.97. The van der Waals surface area contributed by atoms with E-state index in [4.69, 9.17) is 98.4 Å². The molecule has 0 aliphatic heterocycles. The second kappa shape index (κ2) is 24.2. The van der Waals surface area contributed by atoms with Gasteiger partial charge >= 0.3 is 11.4 Å². The van der Waals surface area contributed by atoms with Gasteiger partial charge in [0.05, 0.1) is 27.0 Å². The maximum Gasteiger partial charge on any atom is 0.643 e. The van der Waals surface area contributed by atoms with Crippen LogP contribution in [0.15, 0.2) is 97.1 Å². The van der Waals surface area contributed by atoms with Crippen molar-refractivity contribution in [2.24, 2.45) is 10.3 Å². The van der Waals surface area contributed by atoms with Crippen molar-refractivity contribution >= 4 is 162 Å². The van der Waals surface area contributed by atoms with Gasteiger partial charge in [-0.2, -0.15) is 0 Å². The maximum atomic E-state index is 12.5. The van der Waals surface area contributed by atoms with Crippen LogP contribution in [-0.4, -0.2) is 44.6 Å². The number of sulfonamides is 2. The van der Waals surface area contributed by atoms with Crippen molar-refractivity contribution < 1.29 is 26.4 Å². The minimum absolute atomic E-state index is 0.0166. The highest BCUT2D eigenvalue weighted by Crippen LogP contribution is 2.26. The first-order valence-electron chi connectivity index (χ1n) is 12.8. The van der Waals surface area contributed by atoms with E-state index in [0.29, 0.717) is 10.0 Å². The summed E-state index contributed by atoms with van der Waals surface area (Å²) in [6.07, 6.45) is 8.88. The molecule has 4 N–H and O–H groups in total. The molecule has 270 valence electrons. The van der Waals surface area contributed by atoms with Gasteiger partial charge in [0.25, 0.3) is 5.24 Å². The molecule has 0 unspecified atom stereocenters. The van der Waals surface area contributed by atoms with E-state index in [1.165, 1.54) is 35.9 Å². The van der Waals surface area contributed by atoms with Crippen molar-refractivity contribution in [2.75, 3.05) is 5.34 Å². The summed E-state index contributed by atoms with van der Waals surface area (Å²) in [4.78, 5) is 22.6. The van der Waals surface area contributed by atoms with Gasteiger partial charge in [-0.3, -0.25) is 9.59 Å². The Hall–Kier alpha value is -0.238.